The molecule has 6 heteroatoms. The highest BCUT2D eigenvalue weighted by molar-refractivity contribution is 7.53. The second-order valence-electron chi connectivity index (χ2n) is 2.95. The molecule has 1 aromatic rings. The van der Waals surface area contributed by atoms with E-state index in [1.54, 1.807) is 30.3 Å². The summed E-state index contributed by atoms with van der Waals surface area (Å²) in [6.07, 6.45) is -0.875. The number of hydrogen-bond donors (Lipinski definition) is 2. The van der Waals surface area contributed by atoms with Crippen molar-refractivity contribution in [3.8, 4) is 0 Å². The van der Waals surface area contributed by atoms with Gasteiger partial charge in [0.2, 0.25) is 0 Å². The quantitative estimate of drug-likeness (QED) is 0.748. The first-order chi connectivity index (χ1) is 6.99. The van der Waals surface area contributed by atoms with Gasteiger partial charge in [0.05, 0.1) is 6.61 Å². The summed E-state index contributed by atoms with van der Waals surface area (Å²) in [5, 5.41) is 8.33. The van der Waals surface area contributed by atoms with E-state index in [1.807, 2.05) is 0 Å². The van der Waals surface area contributed by atoms with Crippen LogP contribution in [-0.4, -0.2) is 22.1 Å². The molecule has 0 aliphatic carbocycles. The maximum absolute atomic E-state index is 11.2. The highest BCUT2D eigenvalue weighted by atomic mass is 31.2. The molecule has 1 atom stereocenters. The molecule has 0 aliphatic heterocycles. The van der Waals surface area contributed by atoms with Crippen LogP contribution in [-0.2, 0) is 20.5 Å². The Labute approximate surface area is 86.9 Å². The van der Waals surface area contributed by atoms with Crippen LogP contribution in [0.2, 0.25) is 0 Å². The van der Waals surface area contributed by atoms with Crippen molar-refractivity contribution >= 4 is 13.6 Å². The normalized spacial score (nSPS) is 14.5. The minimum atomic E-state index is -4.01. The maximum atomic E-state index is 11.2. The zero-order valence-electron chi connectivity index (χ0n) is 7.87. The number of carboxylic acids is 1. The molecule has 1 aromatic carbocycles. The van der Waals surface area contributed by atoms with Crippen LogP contribution >= 0.6 is 7.60 Å². The number of carboxylic acid groups (broad SMARTS) is 1. The molecule has 0 radical (unpaired) electrons. The lowest BCUT2D eigenvalue weighted by atomic mass is 10.2. The van der Waals surface area contributed by atoms with Crippen molar-refractivity contribution in [2.24, 2.45) is 0 Å². The Morgan fingerprint density at radius 1 is 1.33 bits per heavy atom. The summed E-state index contributed by atoms with van der Waals surface area (Å²) in [6.45, 7) is -0.0676. The van der Waals surface area contributed by atoms with E-state index in [0.717, 1.165) is 5.56 Å². The smallest absolute Gasteiger partial charge is 0.339 e. The fourth-order valence-corrected chi connectivity index (χ4v) is 1.75. The van der Waals surface area contributed by atoms with Crippen LogP contribution in [0, 0.1) is 0 Å². The highest BCUT2D eigenvalue weighted by Crippen LogP contribution is 2.42. The maximum Gasteiger partial charge on any atom is 0.339 e. The zero-order chi connectivity index (χ0) is 11.3. The van der Waals surface area contributed by atoms with E-state index < -0.39 is 19.7 Å². The zero-order valence-corrected chi connectivity index (χ0v) is 8.76. The molecule has 82 valence electrons. The van der Waals surface area contributed by atoms with Gasteiger partial charge in [0.1, 0.15) is 6.16 Å². The fourth-order valence-electron chi connectivity index (χ4n) is 0.966. The molecule has 2 N–H and O–H groups in total. The van der Waals surface area contributed by atoms with Crippen molar-refractivity contribution in [3.05, 3.63) is 35.9 Å². The molecule has 0 saturated heterocycles. The summed E-state index contributed by atoms with van der Waals surface area (Å²) in [7, 11) is -4.01. The summed E-state index contributed by atoms with van der Waals surface area (Å²) in [6, 6.07) is 8.78. The summed E-state index contributed by atoms with van der Waals surface area (Å²) in [5.74, 6) is -1.35. The lowest BCUT2D eigenvalue weighted by Crippen LogP contribution is -2.05. The third kappa shape index (κ3) is 4.74. The molecule has 0 fully saturated rings. The van der Waals surface area contributed by atoms with Gasteiger partial charge in [-0.05, 0) is 5.56 Å². The predicted octanol–water partition coefficient (Wildman–Crippen LogP) is 1.47. The van der Waals surface area contributed by atoms with Crippen LogP contribution < -0.4 is 0 Å². The number of carbonyl (C=O) groups is 1. The topological polar surface area (TPSA) is 83.8 Å². The molecule has 0 heterocycles. The van der Waals surface area contributed by atoms with Crippen LogP contribution in [0.5, 0.6) is 0 Å². The van der Waals surface area contributed by atoms with Crippen molar-refractivity contribution in [1.29, 1.82) is 0 Å². The lowest BCUT2D eigenvalue weighted by Gasteiger charge is -2.09. The molecule has 0 aromatic heterocycles. The number of rotatable bonds is 5. The summed E-state index contributed by atoms with van der Waals surface area (Å²) in [5.41, 5.74) is 0.720. The SMILES string of the molecule is O=C(O)CP(=O)(O)OCc1ccccc1. The van der Waals surface area contributed by atoms with Crippen molar-refractivity contribution < 1.29 is 23.9 Å². The summed E-state index contributed by atoms with van der Waals surface area (Å²) < 4.78 is 15.8. The van der Waals surface area contributed by atoms with E-state index in [1.165, 1.54) is 0 Å². The van der Waals surface area contributed by atoms with Gasteiger partial charge in [-0.1, -0.05) is 30.3 Å². The van der Waals surface area contributed by atoms with Crippen LogP contribution in [0.15, 0.2) is 30.3 Å². The average Bonchev–Trinajstić information content (AvgIpc) is 2.15. The molecule has 0 saturated carbocycles. The first-order valence-corrected chi connectivity index (χ1v) is 5.98. The molecular weight excluding hydrogens is 219 g/mol. The van der Waals surface area contributed by atoms with Crippen LogP contribution in [0.25, 0.3) is 0 Å². The molecule has 5 nitrogen and oxygen atoms in total. The van der Waals surface area contributed by atoms with Gasteiger partial charge in [0, 0.05) is 0 Å². The van der Waals surface area contributed by atoms with Gasteiger partial charge in [0.15, 0.2) is 0 Å². The minimum Gasteiger partial charge on any atom is -0.481 e. The Morgan fingerprint density at radius 3 is 2.47 bits per heavy atom. The first kappa shape index (κ1) is 11.9. The molecule has 0 amide bonds. The van der Waals surface area contributed by atoms with Crippen molar-refractivity contribution in [2.75, 3.05) is 6.16 Å². The third-order valence-corrected chi connectivity index (χ3v) is 2.81. The van der Waals surface area contributed by atoms with Crippen molar-refractivity contribution in [2.45, 2.75) is 6.61 Å². The molecule has 0 aliphatic rings. The monoisotopic (exact) mass is 230 g/mol. The second kappa shape index (κ2) is 5.07. The molecular formula is C9H11O5P. The molecule has 0 bridgehead atoms. The lowest BCUT2D eigenvalue weighted by molar-refractivity contribution is -0.134. The van der Waals surface area contributed by atoms with Crippen molar-refractivity contribution in [3.63, 3.8) is 0 Å². The Bertz CT molecular complexity index is 375. The fraction of sp³-hybridized carbons (Fsp3) is 0.222. The van der Waals surface area contributed by atoms with E-state index in [4.69, 9.17) is 10.00 Å². The van der Waals surface area contributed by atoms with Crippen LogP contribution in [0.3, 0.4) is 0 Å². The van der Waals surface area contributed by atoms with Crippen LogP contribution in [0.4, 0.5) is 0 Å². The number of benzene rings is 1. The third-order valence-electron chi connectivity index (χ3n) is 1.61. The molecule has 1 unspecified atom stereocenters. The standard InChI is InChI=1S/C9H11O5P/c10-9(11)7-15(12,13)14-6-8-4-2-1-3-5-8/h1-5H,6-7H2,(H,10,11)(H,12,13). The largest absolute Gasteiger partial charge is 0.481 e. The Kier molecular flexibility index (Phi) is 4.03. The summed E-state index contributed by atoms with van der Waals surface area (Å²) in [4.78, 5) is 19.3. The first-order valence-electron chi connectivity index (χ1n) is 4.22. The van der Waals surface area contributed by atoms with Gasteiger partial charge < -0.3 is 14.5 Å². The average molecular weight is 230 g/mol. The Balaban J connectivity index is 2.50. The van der Waals surface area contributed by atoms with Gasteiger partial charge in [-0.15, -0.1) is 0 Å². The van der Waals surface area contributed by atoms with E-state index in [0.29, 0.717) is 0 Å². The molecule has 15 heavy (non-hydrogen) atoms. The molecule has 0 spiro atoms. The molecule has 1 rings (SSSR count). The summed E-state index contributed by atoms with van der Waals surface area (Å²) >= 11 is 0. The van der Waals surface area contributed by atoms with Crippen LogP contribution in [0.1, 0.15) is 5.56 Å². The van der Waals surface area contributed by atoms with E-state index >= 15 is 0 Å². The Morgan fingerprint density at radius 2 is 1.93 bits per heavy atom. The second-order valence-corrected chi connectivity index (χ2v) is 4.80. The minimum absolute atomic E-state index is 0.0676. The van der Waals surface area contributed by atoms with E-state index in [-0.39, 0.29) is 6.61 Å². The highest BCUT2D eigenvalue weighted by Gasteiger charge is 2.23. The van der Waals surface area contributed by atoms with Crippen molar-refractivity contribution in [1.82, 2.24) is 0 Å². The number of hydrogen-bond acceptors (Lipinski definition) is 3. The van der Waals surface area contributed by atoms with E-state index in [2.05, 4.69) is 4.52 Å². The predicted molar refractivity (Wildman–Crippen MR) is 53.6 cm³/mol. The van der Waals surface area contributed by atoms with Gasteiger partial charge in [0.25, 0.3) is 0 Å². The van der Waals surface area contributed by atoms with E-state index in [9.17, 15) is 9.36 Å². The van der Waals surface area contributed by atoms with Gasteiger partial charge >= 0.3 is 13.6 Å². The van der Waals surface area contributed by atoms with Gasteiger partial charge in [-0.25, -0.2) is 0 Å². The Hall–Kier alpha value is -1.16. The number of aliphatic carboxylic acids is 1. The van der Waals surface area contributed by atoms with Gasteiger partial charge in [-0.3, -0.25) is 9.36 Å². The van der Waals surface area contributed by atoms with Gasteiger partial charge in [-0.2, -0.15) is 0 Å².